The molecule has 3 aliphatic heterocycles. The number of hydrogen-bond acceptors (Lipinski definition) is 20. The summed E-state index contributed by atoms with van der Waals surface area (Å²) in [5, 5.41) is 74.6. The number of amides is 6. The number of azide groups is 1. The molecule has 0 spiro atoms. The fourth-order valence-electron chi connectivity index (χ4n) is 17.8. The number of aliphatic carboxylic acids is 1. The number of esters is 2. The molecule has 6 fully saturated rings. The van der Waals surface area contributed by atoms with Crippen molar-refractivity contribution in [2.45, 2.75) is 248 Å². The van der Waals surface area contributed by atoms with E-state index in [9.17, 15) is 58.5 Å². The van der Waals surface area contributed by atoms with Crippen LogP contribution in [0.15, 0.2) is 145 Å². The third-order valence-electron chi connectivity index (χ3n) is 24.3. The third-order valence-corrected chi connectivity index (χ3v) is 24.3. The Morgan fingerprint density at radius 1 is 0.492 bits per heavy atom. The van der Waals surface area contributed by atoms with Crippen molar-refractivity contribution in [3.63, 3.8) is 0 Å². The zero-order valence-corrected chi connectivity index (χ0v) is 72.3. The number of rotatable bonds is 23. The number of ether oxygens (including phenoxy) is 2. The number of carboxylic acids is 1. The van der Waals surface area contributed by atoms with E-state index < -0.39 is 95.0 Å². The van der Waals surface area contributed by atoms with Crippen molar-refractivity contribution >= 4 is 85.7 Å². The molecule has 3 saturated carbocycles. The Kier molecular flexibility index (Phi) is 34.3. The minimum absolute atomic E-state index is 0. The van der Waals surface area contributed by atoms with Gasteiger partial charge in [-0.2, -0.15) is 0 Å². The first kappa shape index (κ1) is 96.7. The number of methoxy groups -OCH3 is 2. The topological polar surface area (TPSA) is 439 Å². The van der Waals surface area contributed by atoms with Crippen molar-refractivity contribution in [1.82, 2.24) is 60.6 Å². The Balaban J connectivity index is 0.000000203. The van der Waals surface area contributed by atoms with E-state index in [1.165, 1.54) is 58.8 Å². The summed E-state index contributed by atoms with van der Waals surface area (Å²) in [7, 11) is 2.57. The second kappa shape index (κ2) is 44.0. The quantitative estimate of drug-likeness (QED) is 0.00784. The molecule has 0 unspecified atom stereocenters. The molecule has 32 heteroatoms. The summed E-state index contributed by atoms with van der Waals surface area (Å²) in [6.45, 7) is 10.0. The number of carbonyl (C=O) groups excluding carboxylic acids is 8. The van der Waals surface area contributed by atoms with E-state index in [1.54, 1.807) is 64.4 Å². The van der Waals surface area contributed by atoms with Gasteiger partial charge in [0.05, 0.1) is 56.1 Å². The fraction of sp³-hybridized carbons (Fsp3) is 0.511. The molecule has 6 aliphatic rings. The minimum atomic E-state index is -1.24. The number of carboxylic acid groups (broad SMARTS) is 1. The Bertz CT molecular complexity index is 5120. The Morgan fingerprint density at radius 2 is 0.798 bits per heavy atom. The van der Waals surface area contributed by atoms with Crippen LogP contribution in [0.5, 0.6) is 0 Å². The van der Waals surface area contributed by atoms with E-state index in [1.807, 2.05) is 109 Å². The summed E-state index contributed by atoms with van der Waals surface area (Å²) in [6, 6.07) is 33.2. The molecule has 8 N–H and O–H groups in total. The molecular weight excluding hydrogens is 1580 g/mol. The summed E-state index contributed by atoms with van der Waals surface area (Å²) in [5.41, 5.74) is 7.82. The second-order valence-electron chi connectivity index (χ2n) is 34.7. The van der Waals surface area contributed by atoms with Crippen LogP contribution in [0.1, 0.15) is 231 Å². The number of likely N-dealkylation sites (tertiary alicyclic amines) is 3. The largest absolute Gasteiger partial charge is 1.00 e. The standard InChI is InChI=1S/C31H39N5O5.C30H37N5O5.C26H31N5O4.C5H8O.Li.H2O/c1-31(2,40)27-18-32-34-36(27)24-17-26(30(39)41-3)35(19-24)29(38)25(15-20-9-5-4-6-10-20)33-28(37)23-14-13-21-11-7-8-12-22(21)16-23;1-30(2,40)26-17-31-33-35(26)23-16-25(29(38)39)34(18-23)28(37)24(14-19-8-4-3-5-9-19)32-27(36)22-13-12-20-10-6-7-11-21(20)15-22;1-35-26(34)23-15-21(29-30-27)16-31(23)25(33)22(13-17-7-3-2-4-8-17)28-24(32)20-12-11-18-9-5-6-10-19(18)14-20;1-4-5(2,3)6;;/h7-8,11-14,16,18,20,24-26,40H,4-6,9-10,15,17,19H2,1-3H3,(H,33,37);6-7,10-13,15,17,19,23-25,40H,3-5,8-9,14,16,18H2,1-2H3,(H,32,36)(H,38,39);5-6,9-12,14,17,21-23H,2-4,7-8,13,15-16H2,1H3,(H,28,32);1,6H,2-3H3;;1H2/q;;;;+1;/p-1/t24-,25+,26-;23-,24+,25-;21-,22+,23-;;;/m000.../s1. The van der Waals surface area contributed by atoms with Gasteiger partial charge in [-0.25, -0.2) is 23.7 Å². The summed E-state index contributed by atoms with van der Waals surface area (Å²) in [6.07, 6.45) is 25.9. The van der Waals surface area contributed by atoms with Crippen LogP contribution in [0.25, 0.3) is 42.8 Å². The first-order valence-corrected chi connectivity index (χ1v) is 42.5. The van der Waals surface area contributed by atoms with Gasteiger partial charge < -0.3 is 66.0 Å². The summed E-state index contributed by atoms with van der Waals surface area (Å²) in [4.78, 5) is 127. The van der Waals surface area contributed by atoms with E-state index >= 15 is 0 Å². The van der Waals surface area contributed by atoms with Crippen LogP contribution in [0.2, 0.25) is 0 Å². The molecule has 3 saturated heterocycles. The zero-order chi connectivity index (χ0) is 87.6. The van der Waals surface area contributed by atoms with E-state index in [2.05, 4.69) is 52.5 Å². The smallest absolute Gasteiger partial charge is 0.870 e. The van der Waals surface area contributed by atoms with Gasteiger partial charge in [0.1, 0.15) is 53.1 Å². The number of aromatic nitrogens is 6. The van der Waals surface area contributed by atoms with Gasteiger partial charge in [0.15, 0.2) is 0 Å². The van der Waals surface area contributed by atoms with E-state index in [0.717, 1.165) is 116 Å². The van der Waals surface area contributed by atoms with Crippen LogP contribution < -0.4 is 34.8 Å². The number of benzene rings is 6. The van der Waals surface area contributed by atoms with Crippen LogP contribution in [0.3, 0.4) is 0 Å². The number of terminal acetylenes is 1. The Morgan fingerprint density at radius 3 is 1.10 bits per heavy atom. The van der Waals surface area contributed by atoms with Gasteiger partial charge in [-0.1, -0.05) is 209 Å². The summed E-state index contributed by atoms with van der Waals surface area (Å²) in [5.74, 6) is -1.19. The first-order chi connectivity index (χ1) is 58.3. The summed E-state index contributed by atoms with van der Waals surface area (Å²) >= 11 is 0. The van der Waals surface area contributed by atoms with Gasteiger partial charge in [-0.15, -0.1) is 16.6 Å². The van der Waals surface area contributed by atoms with Crippen molar-refractivity contribution in [2.75, 3.05) is 33.9 Å². The van der Waals surface area contributed by atoms with Gasteiger partial charge in [-0.05, 0) is 159 Å². The SMILES string of the molecule is C#CC(C)(C)O.CC(C)(O)c1cnnn1[C@H]1C[C@@H](C(=O)O)N(C(=O)[C@@H](CC2CCCCC2)NC(=O)c2ccc3ccccc3c2)C1.COC(=O)[C@@H]1C[C@H](N=[N+]=[N-])CN1C(=O)[C@@H](CC1CCCCC1)NC(=O)c1ccc2ccccc2c1.COC(=O)[C@@H]1C[C@H](n2nncc2C(C)(C)O)CN1C(=O)[C@@H](CC1CCCCC1)NC(=O)c1ccc2ccccc2c1.[Li+].[OH-]. The van der Waals surface area contributed by atoms with Crippen LogP contribution in [0.4, 0.5) is 0 Å². The van der Waals surface area contributed by atoms with Gasteiger partial charge in [0.25, 0.3) is 17.7 Å². The molecule has 14 rings (SSSR count). The monoisotopic (exact) mass is 1690 g/mol. The molecule has 5 heterocycles. The van der Waals surface area contributed by atoms with Crippen LogP contribution in [-0.2, 0) is 49.4 Å². The number of aliphatic hydroxyl groups is 3. The van der Waals surface area contributed by atoms with Crippen molar-refractivity contribution in [3.8, 4) is 12.3 Å². The first-order valence-electron chi connectivity index (χ1n) is 42.5. The Labute approximate surface area is 734 Å². The molecule has 9 atom stereocenters. The van der Waals surface area contributed by atoms with Gasteiger partial charge in [0.2, 0.25) is 17.7 Å². The predicted octanol–water partition coefficient (Wildman–Crippen LogP) is 8.98. The molecule has 0 bridgehead atoms. The van der Waals surface area contributed by atoms with Crippen LogP contribution in [-0.4, -0.2) is 206 Å². The molecule has 2 aromatic heterocycles. The van der Waals surface area contributed by atoms with Crippen molar-refractivity contribution in [3.05, 3.63) is 178 Å². The molecule has 6 aromatic carbocycles. The van der Waals surface area contributed by atoms with E-state index in [-0.39, 0.29) is 98.7 Å². The number of fused-ring (bicyclic) bond motifs is 3. The average Bonchev–Trinajstić information content (AvgIpc) is 1.48. The van der Waals surface area contributed by atoms with Crippen LogP contribution in [0, 0.1) is 30.1 Å². The molecule has 6 amide bonds. The molecule has 31 nitrogen and oxygen atoms in total. The zero-order valence-electron chi connectivity index (χ0n) is 72.3. The molecule has 124 heavy (non-hydrogen) atoms. The second-order valence-corrected chi connectivity index (χ2v) is 34.7. The molecule has 0 radical (unpaired) electrons. The fourth-order valence-corrected chi connectivity index (χ4v) is 17.8. The van der Waals surface area contributed by atoms with Crippen molar-refractivity contribution in [2.24, 2.45) is 22.9 Å². The van der Waals surface area contributed by atoms with Gasteiger partial charge in [-0.3, -0.25) is 28.8 Å². The van der Waals surface area contributed by atoms with E-state index in [4.69, 9.17) is 26.5 Å². The third kappa shape index (κ3) is 25.1. The number of hydrogen-bond donors (Lipinski definition) is 7. The maximum Gasteiger partial charge on any atom is 1.00 e. The molecular formula is C92H116LiN15O16. The number of nitrogens with one attached hydrogen (secondary N) is 3. The molecule has 8 aromatic rings. The minimum Gasteiger partial charge on any atom is -0.870 e. The number of carbonyl (C=O) groups is 9. The van der Waals surface area contributed by atoms with Crippen molar-refractivity contribution < 1.29 is 97.4 Å². The Hall–Kier alpha value is -11.1. The van der Waals surface area contributed by atoms with E-state index in [0.29, 0.717) is 59.2 Å². The van der Waals surface area contributed by atoms with Gasteiger partial charge in [0, 0.05) is 54.1 Å². The number of nitrogens with zero attached hydrogens (tertiary/aromatic N) is 12. The normalized spacial score (nSPS) is 20.1. The average molecular weight is 1690 g/mol. The van der Waals surface area contributed by atoms with Gasteiger partial charge >= 0.3 is 36.8 Å². The molecule has 3 aliphatic carbocycles. The molecule has 656 valence electrons. The maximum absolute atomic E-state index is 14.2. The maximum atomic E-state index is 14.2. The van der Waals surface area contributed by atoms with Crippen LogP contribution >= 0.6 is 0 Å². The summed E-state index contributed by atoms with van der Waals surface area (Å²) < 4.78 is 13.1. The van der Waals surface area contributed by atoms with Crippen molar-refractivity contribution in [1.29, 1.82) is 0 Å². The predicted molar refractivity (Wildman–Crippen MR) is 460 cm³/mol.